The maximum atomic E-state index is 11.9. The topological polar surface area (TPSA) is 60.5 Å². The van der Waals surface area contributed by atoms with E-state index in [0.29, 0.717) is 5.56 Å². The van der Waals surface area contributed by atoms with Crippen LogP contribution in [0.1, 0.15) is 38.1 Å². The summed E-state index contributed by atoms with van der Waals surface area (Å²) in [6, 6.07) is 3.40. The maximum absolute atomic E-state index is 11.9. The van der Waals surface area contributed by atoms with E-state index in [-0.39, 0.29) is 5.91 Å². The van der Waals surface area contributed by atoms with Crippen LogP contribution < -0.4 is 5.23 Å². The van der Waals surface area contributed by atoms with Gasteiger partial charge in [0.2, 0.25) is 5.91 Å². The summed E-state index contributed by atoms with van der Waals surface area (Å²) in [5.74, 6) is -0.262. The minimum absolute atomic E-state index is 0.262. The Balaban J connectivity index is 2.03. The van der Waals surface area contributed by atoms with Crippen LogP contribution in [0.25, 0.3) is 0 Å². The first-order valence-electron chi connectivity index (χ1n) is 5.88. The van der Waals surface area contributed by atoms with E-state index in [1.165, 1.54) is 6.20 Å². The number of carbonyl (C=O) groups excluding carboxylic acids is 1. The van der Waals surface area contributed by atoms with Crippen molar-refractivity contribution in [3.8, 4) is 0 Å². The van der Waals surface area contributed by atoms with Gasteiger partial charge >= 0.3 is 7.25 Å². The zero-order valence-electron chi connectivity index (χ0n) is 11.1. The number of pyridine rings is 1. The molecular weight excluding hydrogens is 231 g/mol. The van der Waals surface area contributed by atoms with Crippen molar-refractivity contribution in [1.82, 2.24) is 10.2 Å². The van der Waals surface area contributed by atoms with Gasteiger partial charge in [-0.05, 0) is 39.8 Å². The number of hydrogen-bond acceptors (Lipinski definition) is 4. The van der Waals surface area contributed by atoms with E-state index in [1.807, 2.05) is 27.7 Å². The highest BCUT2D eigenvalue weighted by Gasteiger charge is 2.52. The van der Waals surface area contributed by atoms with Crippen molar-refractivity contribution in [2.75, 3.05) is 0 Å². The smallest absolute Gasteiger partial charge is 0.384 e. The second-order valence-electron chi connectivity index (χ2n) is 5.30. The van der Waals surface area contributed by atoms with E-state index in [4.69, 9.17) is 9.31 Å². The van der Waals surface area contributed by atoms with Crippen LogP contribution in [0.4, 0.5) is 0 Å². The first-order chi connectivity index (χ1) is 8.32. The van der Waals surface area contributed by atoms with E-state index >= 15 is 0 Å². The first-order valence-corrected chi connectivity index (χ1v) is 5.88. The van der Waals surface area contributed by atoms with Crippen LogP contribution in [-0.2, 0) is 9.31 Å². The standard InChI is InChI=1S/C12H17BN2O3/c1-11(2)12(3,4)18-13(17-11)15-10(16)9-6-5-7-14-8-9/h5-8H,1-4H3,(H,15,16). The van der Waals surface area contributed by atoms with Crippen molar-refractivity contribution in [2.45, 2.75) is 38.9 Å². The number of hydrogen-bond donors (Lipinski definition) is 1. The van der Waals surface area contributed by atoms with Crippen molar-refractivity contribution in [2.24, 2.45) is 0 Å². The SMILES string of the molecule is CC1(C)OB(NC(=O)c2cccnc2)OC1(C)C. The monoisotopic (exact) mass is 248 g/mol. The molecule has 96 valence electrons. The van der Waals surface area contributed by atoms with Crippen LogP contribution in [0, 0.1) is 0 Å². The molecule has 1 aliphatic rings. The first kappa shape index (κ1) is 13.0. The van der Waals surface area contributed by atoms with Crippen molar-refractivity contribution >= 4 is 13.2 Å². The van der Waals surface area contributed by atoms with Gasteiger partial charge in [-0.1, -0.05) is 0 Å². The van der Waals surface area contributed by atoms with Crippen LogP contribution in [0.3, 0.4) is 0 Å². The molecule has 2 rings (SSSR count). The van der Waals surface area contributed by atoms with Gasteiger partial charge in [0.1, 0.15) is 0 Å². The molecule has 0 radical (unpaired) electrons. The Morgan fingerprint density at radius 3 is 2.39 bits per heavy atom. The molecule has 1 saturated heterocycles. The Morgan fingerprint density at radius 1 is 1.28 bits per heavy atom. The van der Waals surface area contributed by atoms with Crippen molar-refractivity contribution in [3.05, 3.63) is 30.1 Å². The number of nitrogens with zero attached hydrogens (tertiary/aromatic N) is 1. The molecule has 1 amide bonds. The molecule has 1 N–H and O–H groups in total. The van der Waals surface area contributed by atoms with Crippen molar-refractivity contribution < 1.29 is 14.1 Å². The fourth-order valence-electron chi connectivity index (χ4n) is 1.59. The Labute approximate surface area is 107 Å². The Kier molecular flexibility index (Phi) is 3.17. The molecule has 0 atom stereocenters. The van der Waals surface area contributed by atoms with Crippen molar-refractivity contribution in [1.29, 1.82) is 0 Å². The zero-order chi connectivity index (χ0) is 13.4. The summed E-state index contributed by atoms with van der Waals surface area (Å²) in [5, 5.41) is 2.68. The lowest BCUT2D eigenvalue weighted by Gasteiger charge is -2.32. The maximum Gasteiger partial charge on any atom is 0.594 e. The summed E-state index contributed by atoms with van der Waals surface area (Å²) in [6.45, 7) is 7.74. The molecule has 0 unspecified atom stereocenters. The fourth-order valence-corrected chi connectivity index (χ4v) is 1.59. The summed E-state index contributed by atoms with van der Waals surface area (Å²) >= 11 is 0. The minimum atomic E-state index is -0.734. The van der Waals surface area contributed by atoms with Crippen molar-refractivity contribution in [3.63, 3.8) is 0 Å². The van der Waals surface area contributed by atoms with Gasteiger partial charge in [0.25, 0.3) is 0 Å². The molecule has 6 heteroatoms. The lowest BCUT2D eigenvalue weighted by Crippen LogP contribution is -2.41. The number of nitrogens with one attached hydrogen (secondary N) is 1. The molecule has 0 spiro atoms. The van der Waals surface area contributed by atoms with Gasteiger partial charge in [0.15, 0.2) is 0 Å². The lowest BCUT2D eigenvalue weighted by molar-refractivity contribution is 0.00578. The zero-order valence-corrected chi connectivity index (χ0v) is 11.1. The fraction of sp³-hybridized carbons (Fsp3) is 0.500. The molecule has 1 aromatic heterocycles. The Hall–Kier alpha value is -1.40. The lowest BCUT2D eigenvalue weighted by atomic mass is 9.90. The van der Waals surface area contributed by atoms with Gasteiger partial charge in [0, 0.05) is 12.4 Å². The highest BCUT2D eigenvalue weighted by Crippen LogP contribution is 2.35. The van der Waals surface area contributed by atoms with Crippen LogP contribution in [0.15, 0.2) is 24.5 Å². The highest BCUT2D eigenvalue weighted by molar-refractivity contribution is 6.47. The Morgan fingerprint density at radius 2 is 1.89 bits per heavy atom. The molecule has 1 fully saturated rings. The summed E-state index contributed by atoms with van der Waals surface area (Å²) in [6.07, 6.45) is 3.12. The molecule has 0 aliphatic carbocycles. The van der Waals surface area contributed by atoms with Gasteiger partial charge in [-0.2, -0.15) is 0 Å². The van der Waals surface area contributed by atoms with Crippen LogP contribution in [0.5, 0.6) is 0 Å². The molecule has 18 heavy (non-hydrogen) atoms. The van der Waals surface area contributed by atoms with Gasteiger partial charge in [-0.15, -0.1) is 0 Å². The second-order valence-corrected chi connectivity index (χ2v) is 5.30. The van der Waals surface area contributed by atoms with Crippen LogP contribution >= 0.6 is 0 Å². The van der Waals surface area contributed by atoms with Crippen LogP contribution in [-0.4, -0.2) is 29.3 Å². The third kappa shape index (κ3) is 2.39. The molecular formula is C12H17BN2O3. The average molecular weight is 248 g/mol. The molecule has 2 heterocycles. The summed E-state index contributed by atoms with van der Waals surface area (Å²) in [5.41, 5.74) is -0.438. The van der Waals surface area contributed by atoms with E-state index in [0.717, 1.165) is 0 Å². The molecule has 0 bridgehead atoms. The predicted molar refractivity (Wildman–Crippen MR) is 67.8 cm³/mol. The number of aromatic nitrogens is 1. The largest absolute Gasteiger partial charge is 0.594 e. The molecule has 5 nitrogen and oxygen atoms in total. The Bertz CT molecular complexity index is 432. The van der Waals surface area contributed by atoms with E-state index in [2.05, 4.69) is 10.2 Å². The third-order valence-electron chi connectivity index (χ3n) is 3.43. The second kappa shape index (κ2) is 4.37. The average Bonchev–Trinajstić information content (AvgIpc) is 2.48. The summed E-state index contributed by atoms with van der Waals surface area (Å²) in [4.78, 5) is 15.8. The molecule has 1 aromatic rings. The molecule has 0 saturated carbocycles. The van der Waals surface area contributed by atoms with Crippen LogP contribution in [0.2, 0.25) is 0 Å². The highest BCUT2D eigenvalue weighted by atomic mass is 16.7. The molecule has 1 aliphatic heterocycles. The quantitative estimate of drug-likeness (QED) is 0.803. The van der Waals surface area contributed by atoms with Gasteiger partial charge in [-0.3, -0.25) is 9.78 Å². The number of carbonyl (C=O) groups is 1. The summed E-state index contributed by atoms with van der Waals surface area (Å²) in [7, 11) is -0.734. The number of amides is 1. The number of rotatable bonds is 2. The predicted octanol–water partition coefficient (Wildman–Crippen LogP) is 1.40. The summed E-state index contributed by atoms with van der Waals surface area (Å²) < 4.78 is 11.4. The normalized spacial score (nSPS) is 20.8. The minimum Gasteiger partial charge on any atom is -0.384 e. The van der Waals surface area contributed by atoms with Gasteiger partial charge < -0.3 is 14.5 Å². The third-order valence-corrected chi connectivity index (χ3v) is 3.43. The van der Waals surface area contributed by atoms with Gasteiger partial charge in [0.05, 0.1) is 16.8 Å². The van der Waals surface area contributed by atoms with E-state index < -0.39 is 18.5 Å². The van der Waals surface area contributed by atoms with E-state index in [1.54, 1.807) is 18.3 Å². The van der Waals surface area contributed by atoms with E-state index in [9.17, 15) is 4.79 Å². The molecule has 0 aromatic carbocycles. The van der Waals surface area contributed by atoms with Gasteiger partial charge in [-0.25, -0.2) is 0 Å².